The van der Waals surface area contributed by atoms with Gasteiger partial charge in [-0.05, 0) is 18.6 Å². The predicted molar refractivity (Wildman–Crippen MR) is 45.1 cm³/mol. The Bertz CT molecular complexity index is 354. The van der Waals surface area contributed by atoms with Gasteiger partial charge in [-0.3, -0.25) is 0 Å². The molecule has 14 heavy (non-hydrogen) atoms. The van der Waals surface area contributed by atoms with Crippen LogP contribution in [-0.4, -0.2) is 11.7 Å². The average Bonchev–Trinajstić information content (AvgIpc) is 2.14. The van der Waals surface area contributed by atoms with E-state index in [-0.39, 0.29) is 5.56 Å². The summed E-state index contributed by atoms with van der Waals surface area (Å²) in [7, 11) is 0. The van der Waals surface area contributed by atoms with Gasteiger partial charge >= 0.3 is 0 Å². The average molecular weight is 205 g/mol. The van der Waals surface area contributed by atoms with Crippen molar-refractivity contribution in [2.24, 2.45) is 5.73 Å². The molecule has 0 radical (unpaired) electrons. The highest BCUT2D eigenvalue weighted by molar-refractivity contribution is 5.29. The fraction of sp³-hybridized carbons (Fsp3) is 0.333. The van der Waals surface area contributed by atoms with Gasteiger partial charge in [-0.2, -0.15) is 0 Å². The Morgan fingerprint density at radius 1 is 1.36 bits per heavy atom. The molecular weight excluding hydrogens is 195 g/mol. The van der Waals surface area contributed by atoms with Gasteiger partial charge in [0, 0.05) is 5.56 Å². The van der Waals surface area contributed by atoms with E-state index in [0.29, 0.717) is 0 Å². The van der Waals surface area contributed by atoms with Crippen LogP contribution in [0.3, 0.4) is 0 Å². The molecule has 78 valence electrons. The van der Waals surface area contributed by atoms with Crippen molar-refractivity contribution in [3.63, 3.8) is 0 Å². The molecule has 1 aromatic rings. The maximum absolute atomic E-state index is 13.2. The third-order valence-electron chi connectivity index (χ3n) is 1.94. The van der Waals surface area contributed by atoms with Crippen LogP contribution in [-0.2, 0) is 0 Å². The van der Waals surface area contributed by atoms with Gasteiger partial charge in [0.25, 0.3) is 0 Å². The number of nitrogens with two attached hydrogens (primary N) is 1. The number of benzene rings is 1. The first kappa shape index (κ1) is 11.0. The van der Waals surface area contributed by atoms with E-state index < -0.39 is 35.7 Å². The van der Waals surface area contributed by atoms with E-state index in [0.717, 1.165) is 6.07 Å². The summed E-state index contributed by atoms with van der Waals surface area (Å²) in [6.07, 6.45) is 0. The Morgan fingerprint density at radius 3 is 2.43 bits per heavy atom. The summed E-state index contributed by atoms with van der Waals surface area (Å²) in [5.74, 6) is -3.41. The predicted octanol–water partition coefficient (Wildman–Crippen LogP) is 1.40. The first-order chi connectivity index (χ1) is 6.49. The molecule has 0 unspecified atom stereocenters. The second kappa shape index (κ2) is 3.98. The molecular formula is C9H10F3NO. The Balaban J connectivity index is 3.36. The topological polar surface area (TPSA) is 46.2 Å². The largest absolute Gasteiger partial charge is 0.394 e. The van der Waals surface area contributed by atoms with Gasteiger partial charge < -0.3 is 10.8 Å². The second-order valence-electron chi connectivity index (χ2n) is 3.01. The van der Waals surface area contributed by atoms with Crippen LogP contribution in [0.25, 0.3) is 0 Å². The van der Waals surface area contributed by atoms with Crippen LogP contribution < -0.4 is 5.73 Å². The lowest BCUT2D eigenvalue weighted by molar-refractivity contribution is 0.261. The minimum atomic E-state index is -1.33. The van der Waals surface area contributed by atoms with Gasteiger partial charge in [0.1, 0.15) is 5.82 Å². The Morgan fingerprint density at radius 2 is 1.93 bits per heavy atom. The zero-order valence-electron chi connectivity index (χ0n) is 7.52. The van der Waals surface area contributed by atoms with Gasteiger partial charge in [0.2, 0.25) is 0 Å². The summed E-state index contributed by atoms with van der Waals surface area (Å²) in [6, 6.07) is -0.395. The van der Waals surface area contributed by atoms with E-state index in [1.54, 1.807) is 0 Å². The highest BCUT2D eigenvalue weighted by Gasteiger charge is 2.21. The van der Waals surface area contributed by atoms with Crippen LogP contribution in [0.15, 0.2) is 6.07 Å². The van der Waals surface area contributed by atoms with Crippen molar-refractivity contribution < 1.29 is 18.3 Å². The van der Waals surface area contributed by atoms with Crippen molar-refractivity contribution in [3.8, 4) is 0 Å². The van der Waals surface area contributed by atoms with Gasteiger partial charge in [0.05, 0.1) is 12.6 Å². The van der Waals surface area contributed by atoms with Crippen molar-refractivity contribution in [3.05, 3.63) is 34.6 Å². The standard InChI is InChI=1S/C9H10F3NO/c1-4-2-5(10)7(6(13)3-14)9(12)8(4)11/h2,6,14H,3,13H2,1H3/t6-/m1/s1. The van der Waals surface area contributed by atoms with Crippen molar-refractivity contribution in [1.82, 2.24) is 0 Å². The fourth-order valence-corrected chi connectivity index (χ4v) is 1.16. The minimum Gasteiger partial charge on any atom is -0.394 e. The quantitative estimate of drug-likeness (QED) is 0.717. The summed E-state index contributed by atoms with van der Waals surface area (Å²) >= 11 is 0. The van der Waals surface area contributed by atoms with Gasteiger partial charge in [-0.15, -0.1) is 0 Å². The van der Waals surface area contributed by atoms with Crippen LogP contribution in [0.1, 0.15) is 17.2 Å². The summed E-state index contributed by atoms with van der Waals surface area (Å²) in [4.78, 5) is 0. The van der Waals surface area contributed by atoms with Crippen LogP contribution in [0.2, 0.25) is 0 Å². The van der Waals surface area contributed by atoms with E-state index in [1.165, 1.54) is 6.92 Å². The maximum atomic E-state index is 13.2. The number of halogens is 3. The molecule has 3 N–H and O–H groups in total. The number of rotatable bonds is 2. The lowest BCUT2D eigenvalue weighted by Gasteiger charge is -2.12. The van der Waals surface area contributed by atoms with E-state index in [2.05, 4.69) is 0 Å². The first-order valence-corrected chi connectivity index (χ1v) is 3.99. The third-order valence-corrected chi connectivity index (χ3v) is 1.94. The second-order valence-corrected chi connectivity index (χ2v) is 3.01. The lowest BCUT2D eigenvalue weighted by atomic mass is 10.0. The van der Waals surface area contributed by atoms with Crippen molar-refractivity contribution in [2.75, 3.05) is 6.61 Å². The van der Waals surface area contributed by atoms with E-state index in [1.807, 2.05) is 0 Å². The molecule has 0 amide bonds. The van der Waals surface area contributed by atoms with E-state index in [4.69, 9.17) is 10.8 Å². The molecule has 2 nitrogen and oxygen atoms in total. The Hall–Kier alpha value is -1.07. The Labute approximate surface area is 79.2 Å². The molecule has 1 atom stereocenters. The van der Waals surface area contributed by atoms with Crippen LogP contribution >= 0.6 is 0 Å². The molecule has 0 aliphatic rings. The molecule has 0 aromatic heterocycles. The molecule has 0 aliphatic heterocycles. The number of aliphatic hydroxyl groups excluding tert-OH is 1. The first-order valence-electron chi connectivity index (χ1n) is 3.99. The minimum absolute atomic E-state index is 0.131. The fourth-order valence-electron chi connectivity index (χ4n) is 1.16. The number of hydrogen-bond acceptors (Lipinski definition) is 2. The normalized spacial score (nSPS) is 13.0. The zero-order valence-corrected chi connectivity index (χ0v) is 7.52. The van der Waals surface area contributed by atoms with Gasteiger partial charge in [0.15, 0.2) is 11.6 Å². The number of aliphatic hydroxyl groups is 1. The molecule has 0 saturated carbocycles. The summed E-state index contributed by atoms with van der Waals surface area (Å²) < 4.78 is 39.3. The molecule has 0 aliphatic carbocycles. The highest BCUT2D eigenvalue weighted by Crippen LogP contribution is 2.23. The van der Waals surface area contributed by atoms with E-state index >= 15 is 0 Å². The van der Waals surface area contributed by atoms with Crippen LogP contribution in [0.4, 0.5) is 13.2 Å². The molecule has 5 heteroatoms. The van der Waals surface area contributed by atoms with Crippen LogP contribution in [0, 0.1) is 24.4 Å². The zero-order chi connectivity index (χ0) is 10.9. The SMILES string of the molecule is Cc1cc(F)c([C@H](N)CO)c(F)c1F. The Kier molecular flexibility index (Phi) is 3.13. The number of hydrogen-bond donors (Lipinski definition) is 2. The smallest absolute Gasteiger partial charge is 0.166 e. The third kappa shape index (κ3) is 1.73. The molecule has 0 heterocycles. The molecule has 1 rings (SSSR count). The van der Waals surface area contributed by atoms with Gasteiger partial charge in [-0.25, -0.2) is 13.2 Å². The van der Waals surface area contributed by atoms with E-state index in [9.17, 15) is 13.2 Å². The van der Waals surface area contributed by atoms with Gasteiger partial charge in [-0.1, -0.05) is 0 Å². The van der Waals surface area contributed by atoms with Crippen molar-refractivity contribution in [2.45, 2.75) is 13.0 Å². The molecule has 0 spiro atoms. The molecule has 1 aromatic carbocycles. The number of aryl methyl sites for hydroxylation is 1. The molecule has 0 saturated heterocycles. The van der Waals surface area contributed by atoms with Crippen molar-refractivity contribution in [1.29, 1.82) is 0 Å². The molecule has 0 fully saturated rings. The molecule has 0 bridgehead atoms. The maximum Gasteiger partial charge on any atom is 0.166 e. The summed E-state index contributed by atoms with van der Waals surface area (Å²) in [5.41, 5.74) is 4.47. The van der Waals surface area contributed by atoms with Crippen LogP contribution in [0.5, 0.6) is 0 Å². The summed E-state index contributed by atoms with van der Waals surface area (Å²) in [6.45, 7) is 0.603. The lowest BCUT2D eigenvalue weighted by Crippen LogP contribution is -2.19. The summed E-state index contributed by atoms with van der Waals surface area (Å²) in [5, 5.41) is 8.62. The van der Waals surface area contributed by atoms with Crippen molar-refractivity contribution >= 4 is 0 Å². The monoisotopic (exact) mass is 205 g/mol. The highest BCUT2D eigenvalue weighted by atomic mass is 19.2.